The van der Waals surface area contributed by atoms with Crippen LogP contribution in [-0.4, -0.2) is 18.0 Å². The van der Waals surface area contributed by atoms with Crippen molar-refractivity contribution < 1.29 is 0 Å². The minimum Gasteiger partial charge on any atom is -0.326 e. The molecule has 94 valence electrons. The molecule has 0 saturated carbocycles. The van der Waals surface area contributed by atoms with Crippen LogP contribution in [0, 0.1) is 6.92 Å². The number of hydrogen-bond acceptors (Lipinski definition) is 2. The molecule has 0 amide bonds. The predicted octanol–water partition coefficient (Wildman–Crippen LogP) is 2.83. The van der Waals surface area contributed by atoms with Crippen LogP contribution in [-0.2, 0) is 13.1 Å². The van der Waals surface area contributed by atoms with E-state index < -0.39 is 0 Å². The largest absolute Gasteiger partial charge is 0.326 e. The molecule has 1 saturated heterocycles. The fourth-order valence-corrected chi connectivity index (χ4v) is 2.60. The summed E-state index contributed by atoms with van der Waals surface area (Å²) < 4.78 is 0. The lowest BCUT2D eigenvalue weighted by Crippen LogP contribution is -2.24. The quantitative estimate of drug-likeness (QED) is 0.868. The third kappa shape index (κ3) is 3.55. The van der Waals surface area contributed by atoms with Crippen molar-refractivity contribution >= 4 is 0 Å². The molecule has 0 aliphatic carbocycles. The molecule has 0 bridgehead atoms. The monoisotopic (exact) mass is 232 g/mol. The van der Waals surface area contributed by atoms with Crippen LogP contribution in [0.1, 0.15) is 42.4 Å². The smallest absolute Gasteiger partial charge is 0.0236 e. The highest BCUT2D eigenvalue weighted by atomic mass is 15.1. The maximum Gasteiger partial charge on any atom is 0.0236 e. The number of nitrogens with zero attached hydrogens (tertiary/aromatic N) is 1. The summed E-state index contributed by atoms with van der Waals surface area (Å²) in [7, 11) is 0. The van der Waals surface area contributed by atoms with Crippen LogP contribution in [0.4, 0.5) is 0 Å². The molecule has 1 fully saturated rings. The predicted molar refractivity (Wildman–Crippen MR) is 72.8 cm³/mol. The lowest BCUT2D eigenvalue weighted by Gasteiger charge is -2.21. The van der Waals surface area contributed by atoms with Crippen molar-refractivity contribution in [3.05, 3.63) is 34.9 Å². The third-order valence-corrected chi connectivity index (χ3v) is 3.74. The molecular formula is C15H24N2. The van der Waals surface area contributed by atoms with E-state index in [0.29, 0.717) is 6.54 Å². The summed E-state index contributed by atoms with van der Waals surface area (Å²) in [6.45, 7) is 6.48. The van der Waals surface area contributed by atoms with Gasteiger partial charge in [0, 0.05) is 13.1 Å². The highest BCUT2D eigenvalue weighted by Gasteiger charge is 2.10. The Morgan fingerprint density at radius 2 is 1.82 bits per heavy atom. The number of nitrogens with two attached hydrogens (primary N) is 1. The van der Waals surface area contributed by atoms with Gasteiger partial charge in [0.1, 0.15) is 0 Å². The van der Waals surface area contributed by atoms with Gasteiger partial charge in [-0.2, -0.15) is 0 Å². The molecule has 2 N–H and O–H groups in total. The maximum absolute atomic E-state index is 5.66. The second-order valence-electron chi connectivity index (χ2n) is 5.16. The third-order valence-electron chi connectivity index (χ3n) is 3.74. The summed E-state index contributed by atoms with van der Waals surface area (Å²) in [6, 6.07) is 6.65. The maximum atomic E-state index is 5.66. The number of rotatable bonds is 3. The van der Waals surface area contributed by atoms with Crippen molar-refractivity contribution in [1.82, 2.24) is 4.90 Å². The zero-order valence-corrected chi connectivity index (χ0v) is 10.9. The van der Waals surface area contributed by atoms with E-state index in [9.17, 15) is 0 Å². The Morgan fingerprint density at radius 1 is 1.12 bits per heavy atom. The first-order chi connectivity index (χ1) is 8.29. The number of hydrogen-bond donors (Lipinski definition) is 1. The van der Waals surface area contributed by atoms with Gasteiger partial charge in [0.05, 0.1) is 0 Å². The average Bonchev–Trinajstić information content (AvgIpc) is 2.60. The van der Waals surface area contributed by atoms with E-state index in [1.54, 1.807) is 0 Å². The molecule has 0 unspecified atom stereocenters. The summed E-state index contributed by atoms with van der Waals surface area (Å²) in [5.41, 5.74) is 9.75. The number of benzene rings is 1. The van der Waals surface area contributed by atoms with Crippen LogP contribution < -0.4 is 5.73 Å². The van der Waals surface area contributed by atoms with Crippen LogP contribution >= 0.6 is 0 Å². The molecule has 2 heteroatoms. The molecule has 2 rings (SSSR count). The molecule has 0 spiro atoms. The first kappa shape index (κ1) is 12.6. The number of aryl methyl sites for hydroxylation is 1. The Labute approximate surface area is 105 Å². The fourth-order valence-electron chi connectivity index (χ4n) is 2.60. The molecule has 0 atom stereocenters. The van der Waals surface area contributed by atoms with E-state index in [-0.39, 0.29) is 0 Å². The second-order valence-corrected chi connectivity index (χ2v) is 5.16. The molecule has 2 nitrogen and oxygen atoms in total. The Morgan fingerprint density at radius 3 is 2.41 bits per heavy atom. The summed E-state index contributed by atoms with van der Waals surface area (Å²) in [5, 5.41) is 0. The molecule has 1 aromatic rings. The van der Waals surface area contributed by atoms with Crippen LogP contribution in [0.15, 0.2) is 18.2 Å². The lowest BCUT2D eigenvalue weighted by molar-refractivity contribution is 0.276. The minimum atomic E-state index is 0.644. The second kappa shape index (κ2) is 6.18. The van der Waals surface area contributed by atoms with E-state index in [0.717, 1.165) is 6.54 Å². The first-order valence-electron chi connectivity index (χ1n) is 6.80. The highest BCUT2D eigenvalue weighted by Crippen LogP contribution is 2.16. The van der Waals surface area contributed by atoms with Crippen LogP contribution in [0.5, 0.6) is 0 Å². The summed E-state index contributed by atoms with van der Waals surface area (Å²) in [4.78, 5) is 2.59. The van der Waals surface area contributed by atoms with Gasteiger partial charge < -0.3 is 5.73 Å². The zero-order valence-electron chi connectivity index (χ0n) is 10.9. The summed E-state index contributed by atoms with van der Waals surface area (Å²) in [6.07, 6.45) is 5.53. The zero-order chi connectivity index (χ0) is 12.1. The van der Waals surface area contributed by atoms with Crippen molar-refractivity contribution in [1.29, 1.82) is 0 Å². The standard InChI is InChI=1S/C15H24N2/c1-13-10-14(11-16)6-7-15(13)12-17-8-4-2-3-5-9-17/h6-7,10H,2-5,8-9,11-12,16H2,1H3. The fraction of sp³-hybridized carbons (Fsp3) is 0.600. The van der Waals surface area contributed by atoms with Crippen molar-refractivity contribution in [3.63, 3.8) is 0 Å². The van der Waals surface area contributed by atoms with E-state index in [4.69, 9.17) is 5.73 Å². The normalized spacial score (nSPS) is 18.0. The van der Waals surface area contributed by atoms with Gasteiger partial charge in [-0.1, -0.05) is 31.0 Å². The van der Waals surface area contributed by atoms with Crippen LogP contribution in [0.3, 0.4) is 0 Å². The van der Waals surface area contributed by atoms with Crippen molar-refractivity contribution in [2.45, 2.75) is 45.7 Å². The molecular weight excluding hydrogens is 208 g/mol. The Kier molecular flexibility index (Phi) is 4.57. The molecule has 17 heavy (non-hydrogen) atoms. The molecule has 1 heterocycles. The SMILES string of the molecule is Cc1cc(CN)ccc1CN1CCCCCC1. The molecule has 0 aromatic heterocycles. The van der Waals surface area contributed by atoms with E-state index >= 15 is 0 Å². The lowest BCUT2D eigenvalue weighted by atomic mass is 10.0. The van der Waals surface area contributed by atoms with Crippen molar-refractivity contribution in [2.24, 2.45) is 5.73 Å². The topological polar surface area (TPSA) is 29.3 Å². The van der Waals surface area contributed by atoms with Crippen molar-refractivity contribution in [3.8, 4) is 0 Å². The summed E-state index contributed by atoms with van der Waals surface area (Å²) >= 11 is 0. The van der Waals surface area contributed by atoms with Crippen molar-refractivity contribution in [2.75, 3.05) is 13.1 Å². The van der Waals surface area contributed by atoms with Crippen LogP contribution in [0.2, 0.25) is 0 Å². The minimum absolute atomic E-state index is 0.644. The van der Waals surface area contributed by atoms with Gasteiger partial charge in [0.2, 0.25) is 0 Å². The van der Waals surface area contributed by atoms with Gasteiger partial charge in [0.15, 0.2) is 0 Å². The highest BCUT2D eigenvalue weighted by molar-refractivity contribution is 5.31. The molecule has 1 aliphatic heterocycles. The summed E-state index contributed by atoms with van der Waals surface area (Å²) in [5.74, 6) is 0. The van der Waals surface area contributed by atoms with Gasteiger partial charge in [-0.3, -0.25) is 4.90 Å². The Hall–Kier alpha value is -0.860. The molecule has 1 aliphatic rings. The molecule has 0 radical (unpaired) electrons. The van der Waals surface area contributed by atoms with E-state index in [2.05, 4.69) is 30.0 Å². The van der Waals surface area contributed by atoms with Gasteiger partial charge in [-0.15, -0.1) is 0 Å². The van der Waals surface area contributed by atoms with E-state index in [1.807, 2.05) is 0 Å². The Balaban J connectivity index is 2.01. The van der Waals surface area contributed by atoms with Gasteiger partial charge in [0.25, 0.3) is 0 Å². The number of likely N-dealkylation sites (tertiary alicyclic amines) is 1. The average molecular weight is 232 g/mol. The first-order valence-corrected chi connectivity index (χ1v) is 6.80. The van der Waals surface area contributed by atoms with Gasteiger partial charge in [-0.05, 0) is 49.5 Å². The van der Waals surface area contributed by atoms with E-state index in [1.165, 1.54) is 55.5 Å². The van der Waals surface area contributed by atoms with Gasteiger partial charge >= 0.3 is 0 Å². The Bertz CT molecular complexity index is 352. The molecule has 1 aromatic carbocycles. The van der Waals surface area contributed by atoms with Crippen LogP contribution in [0.25, 0.3) is 0 Å². The van der Waals surface area contributed by atoms with Gasteiger partial charge in [-0.25, -0.2) is 0 Å².